The van der Waals surface area contributed by atoms with Crippen molar-refractivity contribution >= 4 is 12.1 Å². The molecule has 0 bridgehead atoms. The van der Waals surface area contributed by atoms with Crippen LogP contribution in [0.25, 0.3) is 0 Å². The Morgan fingerprint density at radius 1 is 1.53 bits per heavy atom. The number of quaternary nitrogens is 1. The van der Waals surface area contributed by atoms with Crippen molar-refractivity contribution in [3.8, 4) is 0 Å². The van der Waals surface area contributed by atoms with E-state index in [1.165, 1.54) is 12.4 Å². The summed E-state index contributed by atoms with van der Waals surface area (Å²) < 4.78 is 2.16. The molecule has 0 aliphatic heterocycles. The maximum absolute atomic E-state index is 10.8. The first-order chi connectivity index (χ1) is 8.37. The second-order valence-electron chi connectivity index (χ2n) is 4.72. The van der Waals surface area contributed by atoms with Crippen molar-refractivity contribution in [2.75, 3.05) is 20.6 Å². The maximum atomic E-state index is 10.8. The van der Waals surface area contributed by atoms with E-state index in [-0.39, 0.29) is 22.8 Å². The number of likely N-dealkylation sites (N-methyl/N-ethyl adjacent to an activating group) is 1. The Morgan fingerprint density at radius 2 is 2.16 bits per heavy atom. The quantitative estimate of drug-likeness (QED) is 0.192. The Labute approximate surface area is 122 Å². The van der Waals surface area contributed by atoms with Gasteiger partial charge in [0.2, 0.25) is 6.33 Å². The molecule has 0 fully saturated rings. The van der Waals surface area contributed by atoms with Gasteiger partial charge >= 0.3 is 5.82 Å². The summed E-state index contributed by atoms with van der Waals surface area (Å²) in [5.41, 5.74) is 0.574. The van der Waals surface area contributed by atoms with Gasteiger partial charge in [-0.3, -0.25) is 4.79 Å². The summed E-state index contributed by atoms with van der Waals surface area (Å²) in [6.07, 6.45) is 5.33. The maximum Gasteiger partial charge on any atom is 0.390 e. The molecular weight excluding hydrogens is 316 g/mol. The number of halogens is 1. The largest absolute Gasteiger partial charge is 1.00 e. The highest BCUT2D eigenvalue weighted by atomic mass is 79.9. The average Bonchev–Trinajstić information content (AvgIpc) is 2.60. The second kappa shape index (κ2) is 7.15. The molecule has 0 amide bonds. The number of aromatic nitrogens is 2. The van der Waals surface area contributed by atoms with Gasteiger partial charge < -0.3 is 36.1 Å². The van der Waals surface area contributed by atoms with Gasteiger partial charge in [0.05, 0.1) is 20.6 Å². The number of aryl methyl sites for hydroxylation is 1. The van der Waals surface area contributed by atoms with Crippen molar-refractivity contribution in [1.29, 1.82) is 0 Å². The minimum atomic E-state index is -0.476. The number of rotatable bonds is 6. The molecule has 0 saturated carbocycles. The van der Waals surface area contributed by atoms with Crippen LogP contribution in [0.4, 0.5) is 5.82 Å². The lowest BCUT2D eigenvalue weighted by molar-refractivity contribution is -0.898. The number of nitrogens with zero attached hydrogens (tertiary/aromatic N) is 4. The van der Waals surface area contributed by atoms with Gasteiger partial charge in [-0.25, -0.2) is 0 Å². The van der Waals surface area contributed by atoms with Crippen molar-refractivity contribution in [2.45, 2.75) is 6.54 Å². The number of carbonyl (C=O) groups is 1. The zero-order chi connectivity index (χ0) is 13.8. The highest BCUT2D eigenvalue weighted by Crippen LogP contribution is 2.19. The first kappa shape index (κ1) is 17.5. The van der Waals surface area contributed by atoms with Gasteiger partial charge in [-0.15, -0.1) is 0 Å². The Kier molecular flexibility index (Phi) is 6.57. The van der Waals surface area contributed by atoms with Crippen LogP contribution in [-0.4, -0.2) is 45.9 Å². The lowest BCUT2D eigenvalue weighted by atomic mass is 10.3. The summed E-state index contributed by atoms with van der Waals surface area (Å²) in [5.74, 6) is -0.108. The van der Waals surface area contributed by atoms with Crippen molar-refractivity contribution in [3.63, 3.8) is 0 Å². The minimum Gasteiger partial charge on any atom is -1.00 e. The molecule has 0 spiro atoms. The molecule has 0 N–H and O–H groups in total. The van der Waals surface area contributed by atoms with Crippen molar-refractivity contribution in [2.24, 2.45) is 7.05 Å². The van der Waals surface area contributed by atoms with E-state index >= 15 is 0 Å². The topological polar surface area (TPSA) is 78.0 Å². The summed E-state index contributed by atoms with van der Waals surface area (Å²) in [6.45, 7) is 1.08. The van der Waals surface area contributed by atoms with Gasteiger partial charge in [0.15, 0.2) is 5.69 Å². The summed E-state index contributed by atoms with van der Waals surface area (Å²) in [5, 5.41) is 10.8. The fourth-order valence-corrected chi connectivity index (χ4v) is 1.65. The van der Waals surface area contributed by atoms with E-state index < -0.39 is 4.92 Å². The van der Waals surface area contributed by atoms with E-state index in [9.17, 15) is 14.9 Å². The number of allylic oxidation sites excluding steroid dienone is 1. The highest BCUT2D eigenvalue weighted by molar-refractivity contribution is 5.64. The Morgan fingerprint density at radius 3 is 2.68 bits per heavy atom. The molecule has 0 aromatic carbocycles. The molecule has 0 saturated heterocycles. The van der Waals surface area contributed by atoms with E-state index in [4.69, 9.17) is 0 Å². The normalized spacial score (nSPS) is 11.3. The van der Waals surface area contributed by atoms with Gasteiger partial charge in [0.25, 0.3) is 0 Å². The van der Waals surface area contributed by atoms with Crippen LogP contribution in [0.2, 0.25) is 0 Å². The van der Waals surface area contributed by atoms with Gasteiger partial charge in [-0.05, 0) is 22.1 Å². The van der Waals surface area contributed by atoms with E-state index in [0.29, 0.717) is 29.6 Å². The average molecular weight is 333 g/mol. The van der Waals surface area contributed by atoms with Gasteiger partial charge in [0.1, 0.15) is 12.8 Å². The van der Waals surface area contributed by atoms with Crippen molar-refractivity contribution < 1.29 is 31.2 Å². The number of hydrogen-bond acceptors (Lipinski definition) is 4. The van der Waals surface area contributed by atoms with Crippen LogP contribution in [0, 0.1) is 10.1 Å². The molecule has 19 heavy (non-hydrogen) atoms. The predicted octanol–water partition coefficient (Wildman–Crippen LogP) is -2.34. The van der Waals surface area contributed by atoms with E-state index in [0.717, 1.165) is 0 Å². The van der Waals surface area contributed by atoms with Crippen LogP contribution in [0.1, 0.15) is 5.69 Å². The lowest BCUT2D eigenvalue weighted by Gasteiger charge is -2.27. The predicted molar refractivity (Wildman–Crippen MR) is 65.7 cm³/mol. The first-order valence-corrected chi connectivity index (χ1v) is 5.44. The fourth-order valence-electron chi connectivity index (χ4n) is 1.65. The van der Waals surface area contributed by atoms with Crippen molar-refractivity contribution in [3.05, 3.63) is 34.3 Å². The lowest BCUT2D eigenvalue weighted by Crippen LogP contribution is -3.00. The fraction of sp³-hybridized carbons (Fsp3) is 0.455. The van der Waals surface area contributed by atoms with Gasteiger partial charge in [-0.2, -0.15) is 0 Å². The summed E-state index contributed by atoms with van der Waals surface area (Å²) in [4.78, 5) is 24.4. The molecular formula is C11H17BrN4O3. The molecule has 0 aliphatic carbocycles. The molecule has 0 aliphatic rings. The second-order valence-corrected chi connectivity index (χ2v) is 4.72. The number of carbonyl (C=O) groups excluding carboxylic acids is 1. The molecule has 0 radical (unpaired) electrons. The third-order valence-corrected chi connectivity index (χ3v) is 2.60. The SMILES string of the molecule is Cn1cnc([N+](=O)[O-])c1C[N+](C)(C)CC=CC=O.[Br-]. The van der Waals surface area contributed by atoms with Crippen LogP contribution in [-0.2, 0) is 18.4 Å². The molecule has 1 aromatic heterocycles. The molecule has 0 atom stereocenters. The minimum absolute atomic E-state index is 0. The summed E-state index contributed by atoms with van der Waals surface area (Å²) >= 11 is 0. The summed E-state index contributed by atoms with van der Waals surface area (Å²) in [6, 6.07) is 0. The summed E-state index contributed by atoms with van der Waals surface area (Å²) in [7, 11) is 5.61. The van der Waals surface area contributed by atoms with E-state index in [1.807, 2.05) is 14.1 Å². The number of aldehydes is 1. The molecule has 1 heterocycles. The van der Waals surface area contributed by atoms with Gasteiger partial charge in [0, 0.05) is 7.05 Å². The smallest absolute Gasteiger partial charge is 0.390 e. The molecule has 7 nitrogen and oxygen atoms in total. The Balaban J connectivity index is 0.00000324. The first-order valence-electron chi connectivity index (χ1n) is 5.44. The van der Waals surface area contributed by atoms with Crippen LogP contribution in [0.15, 0.2) is 18.5 Å². The van der Waals surface area contributed by atoms with Gasteiger partial charge in [-0.1, -0.05) is 0 Å². The number of nitro groups is 1. The standard InChI is InChI=1S/C11H17N4O3.BrH/c1-13-9-12-11(14(17)18)10(13)8-15(2,3)6-4-5-7-16;/h4-5,7,9H,6,8H2,1-3H3;1H/q+1;/p-1. The van der Waals surface area contributed by atoms with Crippen LogP contribution >= 0.6 is 0 Å². The number of hydrogen-bond donors (Lipinski definition) is 0. The Hall–Kier alpha value is -1.54. The molecule has 1 rings (SSSR count). The molecule has 1 aromatic rings. The zero-order valence-corrected chi connectivity index (χ0v) is 12.7. The molecule has 0 unspecified atom stereocenters. The van der Waals surface area contributed by atoms with E-state index in [2.05, 4.69) is 4.98 Å². The Bertz CT molecular complexity index is 482. The van der Waals surface area contributed by atoms with Crippen LogP contribution in [0.3, 0.4) is 0 Å². The number of imidazole rings is 1. The third-order valence-electron chi connectivity index (χ3n) is 2.60. The van der Waals surface area contributed by atoms with E-state index in [1.54, 1.807) is 17.7 Å². The highest BCUT2D eigenvalue weighted by Gasteiger charge is 2.26. The van der Waals surface area contributed by atoms with Crippen molar-refractivity contribution in [1.82, 2.24) is 9.55 Å². The third kappa shape index (κ3) is 4.92. The van der Waals surface area contributed by atoms with Crippen LogP contribution in [0.5, 0.6) is 0 Å². The monoisotopic (exact) mass is 332 g/mol. The van der Waals surface area contributed by atoms with Crippen LogP contribution < -0.4 is 17.0 Å². The molecule has 106 valence electrons. The molecule has 8 heteroatoms. The zero-order valence-electron chi connectivity index (χ0n) is 11.1.